The lowest BCUT2D eigenvalue weighted by Gasteiger charge is -2.37. The molecule has 1 aliphatic heterocycles. The molecule has 2 rings (SSSR count). The monoisotopic (exact) mass is 373 g/mol. The molecule has 1 aliphatic rings. The van der Waals surface area contributed by atoms with Gasteiger partial charge in [-0.15, -0.1) is 0 Å². The van der Waals surface area contributed by atoms with Gasteiger partial charge in [0.2, 0.25) is 0 Å². The topological polar surface area (TPSA) is 61.9 Å². The number of rotatable bonds is 7. The summed E-state index contributed by atoms with van der Waals surface area (Å²) in [4.78, 5) is 29.3. The first-order valence-corrected chi connectivity index (χ1v) is 9.57. The zero-order chi connectivity index (χ0) is 20.1. The van der Waals surface area contributed by atoms with E-state index in [2.05, 4.69) is 24.1 Å². The van der Waals surface area contributed by atoms with Crippen LogP contribution < -0.4 is 5.32 Å². The Morgan fingerprint density at radius 3 is 2.48 bits per heavy atom. The van der Waals surface area contributed by atoms with Crippen molar-refractivity contribution < 1.29 is 14.3 Å². The Morgan fingerprint density at radius 2 is 1.89 bits per heavy atom. The van der Waals surface area contributed by atoms with Gasteiger partial charge in [0.15, 0.2) is 0 Å². The van der Waals surface area contributed by atoms with Crippen molar-refractivity contribution in [2.24, 2.45) is 0 Å². The van der Waals surface area contributed by atoms with E-state index in [4.69, 9.17) is 4.74 Å². The lowest BCUT2D eigenvalue weighted by Crippen LogP contribution is -2.49. The standard InChI is InChI=1S/C21H31N3O3/c1-7-24(8-2)13-17-18(20(25)27-9-3)19(22-21(26)23(17)6)16-12-14(4)10-11-15(16)5/h10-12,19H,7-9,13H2,1-6H3,(H,22,26)/t19-/m1/s1. The molecule has 27 heavy (non-hydrogen) atoms. The van der Waals surface area contributed by atoms with E-state index in [9.17, 15) is 9.59 Å². The first kappa shape index (κ1) is 21.0. The summed E-state index contributed by atoms with van der Waals surface area (Å²) in [6.45, 7) is 12.4. The molecular weight excluding hydrogens is 342 g/mol. The quantitative estimate of drug-likeness (QED) is 0.746. The third kappa shape index (κ3) is 4.50. The van der Waals surface area contributed by atoms with Crippen molar-refractivity contribution in [2.45, 2.75) is 40.7 Å². The number of likely N-dealkylation sites (N-methyl/N-ethyl adjacent to an activating group) is 2. The molecule has 6 heteroatoms. The molecule has 0 unspecified atom stereocenters. The summed E-state index contributed by atoms with van der Waals surface area (Å²) in [6.07, 6.45) is 0. The molecule has 0 fully saturated rings. The lowest BCUT2D eigenvalue weighted by atomic mass is 9.90. The number of amides is 2. The Bertz CT molecular complexity index is 738. The summed E-state index contributed by atoms with van der Waals surface area (Å²) in [6, 6.07) is 5.34. The number of hydrogen-bond acceptors (Lipinski definition) is 4. The van der Waals surface area contributed by atoms with Crippen molar-refractivity contribution in [1.82, 2.24) is 15.1 Å². The lowest BCUT2D eigenvalue weighted by molar-refractivity contribution is -0.139. The number of esters is 1. The van der Waals surface area contributed by atoms with E-state index in [-0.39, 0.29) is 18.6 Å². The van der Waals surface area contributed by atoms with E-state index < -0.39 is 6.04 Å². The molecular formula is C21H31N3O3. The second-order valence-corrected chi connectivity index (χ2v) is 6.84. The van der Waals surface area contributed by atoms with Gasteiger partial charge < -0.3 is 10.1 Å². The molecule has 1 N–H and O–H groups in total. The highest BCUT2D eigenvalue weighted by Gasteiger charge is 2.37. The number of hydrogen-bond donors (Lipinski definition) is 1. The van der Waals surface area contributed by atoms with Crippen molar-refractivity contribution in [3.05, 3.63) is 46.2 Å². The fourth-order valence-electron chi connectivity index (χ4n) is 3.36. The van der Waals surface area contributed by atoms with Crippen LogP contribution in [0.2, 0.25) is 0 Å². The van der Waals surface area contributed by atoms with Gasteiger partial charge in [-0.3, -0.25) is 9.80 Å². The molecule has 0 aromatic heterocycles. The van der Waals surface area contributed by atoms with Crippen molar-refractivity contribution in [2.75, 3.05) is 33.3 Å². The summed E-state index contributed by atoms with van der Waals surface area (Å²) in [5, 5.41) is 2.99. The molecule has 0 bridgehead atoms. The second kappa shape index (κ2) is 9.04. The number of benzene rings is 1. The van der Waals surface area contributed by atoms with Gasteiger partial charge in [0.1, 0.15) is 0 Å². The highest BCUT2D eigenvalue weighted by molar-refractivity contribution is 5.95. The summed E-state index contributed by atoms with van der Waals surface area (Å²) in [5.74, 6) is -0.377. The highest BCUT2D eigenvalue weighted by Crippen LogP contribution is 2.33. The summed E-state index contributed by atoms with van der Waals surface area (Å²) in [5.41, 5.74) is 4.25. The predicted molar refractivity (Wildman–Crippen MR) is 106 cm³/mol. The highest BCUT2D eigenvalue weighted by atomic mass is 16.5. The minimum Gasteiger partial charge on any atom is -0.463 e. The largest absolute Gasteiger partial charge is 0.463 e. The molecule has 0 saturated carbocycles. The number of carbonyl (C=O) groups is 2. The fourth-order valence-corrected chi connectivity index (χ4v) is 3.36. The van der Waals surface area contributed by atoms with Crippen LogP contribution in [0.4, 0.5) is 4.79 Å². The number of urea groups is 1. The maximum Gasteiger partial charge on any atom is 0.338 e. The number of nitrogens with one attached hydrogen (secondary N) is 1. The van der Waals surface area contributed by atoms with Crippen LogP contribution in [0.3, 0.4) is 0 Å². The summed E-state index contributed by atoms with van der Waals surface area (Å²) < 4.78 is 5.37. The van der Waals surface area contributed by atoms with E-state index in [1.54, 1.807) is 14.0 Å². The normalized spacial score (nSPS) is 17.4. The van der Waals surface area contributed by atoms with Gasteiger partial charge in [-0.1, -0.05) is 37.6 Å². The van der Waals surface area contributed by atoms with Gasteiger partial charge in [-0.25, -0.2) is 9.59 Å². The third-order valence-corrected chi connectivity index (χ3v) is 5.09. The number of carbonyl (C=O) groups excluding carboxylic acids is 2. The van der Waals surface area contributed by atoms with Crippen LogP contribution in [-0.4, -0.2) is 55.1 Å². The van der Waals surface area contributed by atoms with Gasteiger partial charge in [-0.05, 0) is 45.0 Å². The minimum absolute atomic E-state index is 0.212. The van der Waals surface area contributed by atoms with E-state index in [0.717, 1.165) is 29.8 Å². The fraction of sp³-hybridized carbons (Fsp3) is 0.524. The Hall–Kier alpha value is -2.34. The van der Waals surface area contributed by atoms with Crippen LogP contribution in [0, 0.1) is 13.8 Å². The Balaban J connectivity index is 2.65. The van der Waals surface area contributed by atoms with E-state index in [1.807, 2.05) is 32.0 Å². The first-order chi connectivity index (χ1) is 12.8. The molecule has 2 amide bonds. The maximum absolute atomic E-state index is 12.9. The smallest absolute Gasteiger partial charge is 0.338 e. The van der Waals surface area contributed by atoms with Crippen LogP contribution in [0.1, 0.15) is 43.5 Å². The molecule has 0 spiro atoms. The summed E-state index contributed by atoms with van der Waals surface area (Å²) in [7, 11) is 1.70. The van der Waals surface area contributed by atoms with Gasteiger partial charge in [-0.2, -0.15) is 0 Å². The molecule has 1 atom stereocenters. The van der Waals surface area contributed by atoms with Crippen LogP contribution in [0.5, 0.6) is 0 Å². The van der Waals surface area contributed by atoms with Gasteiger partial charge in [0.05, 0.1) is 18.2 Å². The van der Waals surface area contributed by atoms with E-state index in [0.29, 0.717) is 17.8 Å². The average Bonchev–Trinajstić information content (AvgIpc) is 2.64. The number of nitrogens with zero attached hydrogens (tertiary/aromatic N) is 2. The molecule has 1 heterocycles. The zero-order valence-corrected chi connectivity index (χ0v) is 17.3. The number of ether oxygens (including phenoxy) is 1. The van der Waals surface area contributed by atoms with E-state index >= 15 is 0 Å². The van der Waals surface area contributed by atoms with Crippen LogP contribution in [0.15, 0.2) is 29.5 Å². The van der Waals surface area contributed by atoms with Crippen LogP contribution in [-0.2, 0) is 9.53 Å². The third-order valence-electron chi connectivity index (χ3n) is 5.09. The molecule has 0 saturated heterocycles. The Morgan fingerprint density at radius 1 is 1.22 bits per heavy atom. The van der Waals surface area contributed by atoms with Crippen LogP contribution in [0.25, 0.3) is 0 Å². The molecule has 0 aliphatic carbocycles. The van der Waals surface area contributed by atoms with Gasteiger partial charge >= 0.3 is 12.0 Å². The van der Waals surface area contributed by atoms with Gasteiger partial charge in [0.25, 0.3) is 0 Å². The zero-order valence-electron chi connectivity index (χ0n) is 17.3. The Kier molecular flexibility index (Phi) is 7.02. The van der Waals surface area contributed by atoms with Crippen molar-refractivity contribution in [1.29, 1.82) is 0 Å². The molecule has 1 aromatic carbocycles. The second-order valence-electron chi connectivity index (χ2n) is 6.84. The molecule has 0 radical (unpaired) electrons. The van der Waals surface area contributed by atoms with Crippen molar-refractivity contribution in [3.63, 3.8) is 0 Å². The van der Waals surface area contributed by atoms with Crippen molar-refractivity contribution in [3.8, 4) is 0 Å². The van der Waals surface area contributed by atoms with Crippen LogP contribution >= 0.6 is 0 Å². The van der Waals surface area contributed by atoms with Gasteiger partial charge in [0, 0.05) is 19.3 Å². The number of aryl methyl sites for hydroxylation is 2. The minimum atomic E-state index is -0.516. The van der Waals surface area contributed by atoms with E-state index in [1.165, 1.54) is 4.90 Å². The molecule has 148 valence electrons. The molecule has 6 nitrogen and oxygen atoms in total. The Labute approximate surface area is 162 Å². The SMILES string of the molecule is CCOC(=O)C1=C(CN(CC)CC)N(C)C(=O)N[C@@H]1c1cc(C)ccc1C. The maximum atomic E-state index is 12.9. The summed E-state index contributed by atoms with van der Waals surface area (Å²) >= 11 is 0. The first-order valence-electron chi connectivity index (χ1n) is 9.57. The average molecular weight is 373 g/mol. The predicted octanol–water partition coefficient (Wildman–Crippen LogP) is 3.16. The molecule has 1 aromatic rings. The van der Waals surface area contributed by atoms with Crippen molar-refractivity contribution >= 4 is 12.0 Å².